The SMILES string of the molecule is CCC(C)CNC(=O)C[C@H](O)[C@H](CC(C)C)NC(=O)[C@H](CC(C)C)NC(=O)[C@H](Cc1c(C)c(C)c(C)c(C)c1C)NC(=O)OCc1ccccc1. The lowest BCUT2D eigenvalue weighted by Crippen LogP contribution is -2.57. The van der Waals surface area contributed by atoms with Crippen LogP contribution in [-0.2, 0) is 32.1 Å². The molecule has 1 unspecified atom stereocenters. The van der Waals surface area contributed by atoms with Crippen molar-refractivity contribution in [2.24, 2.45) is 17.8 Å². The van der Waals surface area contributed by atoms with Crippen molar-refractivity contribution in [3.63, 3.8) is 0 Å². The van der Waals surface area contributed by atoms with E-state index in [1.165, 1.54) is 5.56 Å². The summed E-state index contributed by atoms with van der Waals surface area (Å²) >= 11 is 0. The Morgan fingerprint density at radius 3 is 1.82 bits per heavy atom. The third-order valence-corrected chi connectivity index (χ3v) is 9.98. The summed E-state index contributed by atoms with van der Waals surface area (Å²) in [6.07, 6.45) is -0.127. The van der Waals surface area contributed by atoms with Crippen molar-refractivity contribution in [2.45, 2.75) is 139 Å². The van der Waals surface area contributed by atoms with Gasteiger partial charge in [0.1, 0.15) is 18.7 Å². The fraction of sp³-hybridized carbons (Fsp3) is 0.610. The molecule has 0 aliphatic heterocycles. The second-order valence-corrected chi connectivity index (χ2v) is 15.1. The Morgan fingerprint density at radius 2 is 1.27 bits per heavy atom. The lowest BCUT2D eigenvalue weighted by Gasteiger charge is -2.30. The highest BCUT2D eigenvalue weighted by molar-refractivity contribution is 5.91. The normalized spacial score (nSPS) is 14.3. The largest absolute Gasteiger partial charge is 0.445 e. The van der Waals surface area contributed by atoms with Gasteiger partial charge in [-0.15, -0.1) is 0 Å². The number of carbonyl (C=O) groups is 4. The third-order valence-electron chi connectivity index (χ3n) is 9.98. The molecule has 0 aliphatic carbocycles. The Kier molecular flexibility index (Phi) is 17.6. The van der Waals surface area contributed by atoms with E-state index in [1.54, 1.807) is 0 Å². The first-order valence-electron chi connectivity index (χ1n) is 18.5. The van der Waals surface area contributed by atoms with Gasteiger partial charge in [0.25, 0.3) is 0 Å². The van der Waals surface area contributed by atoms with Gasteiger partial charge < -0.3 is 31.1 Å². The number of carbonyl (C=O) groups excluding carboxylic acids is 4. The molecule has 51 heavy (non-hydrogen) atoms. The smallest absolute Gasteiger partial charge is 0.408 e. The van der Waals surface area contributed by atoms with Gasteiger partial charge in [0.05, 0.1) is 18.6 Å². The number of hydrogen-bond acceptors (Lipinski definition) is 6. The first-order chi connectivity index (χ1) is 23.9. The minimum atomic E-state index is -1.11. The molecule has 0 aliphatic rings. The second kappa shape index (κ2) is 20.8. The van der Waals surface area contributed by atoms with E-state index in [9.17, 15) is 24.3 Å². The van der Waals surface area contributed by atoms with Crippen molar-refractivity contribution >= 4 is 23.8 Å². The summed E-state index contributed by atoms with van der Waals surface area (Å²) in [5.41, 5.74) is 7.29. The van der Waals surface area contributed by atoms with Crippen LogP contribution in [0.25, 0.3) is 0 Å². The molecule has 0 aromatic heterocycles. The quantitative estimate of drug-likeness (QED) is 0.120. The van der Waals surface area contributed by atoms with Gasteiger partial charge >= 0.3 is 6.09 Å². The molecular weight excluding hydrogens is 644 g/mol. The van der Waals surface area contributed by atoms with E-state index in [4.69, 9.17) is 4.74 Å². The molecule has 5 N–H and O–H groups in total. The lowest BCUT2D eigenvalue weighted by atomic mass is 9.86. The first kappa shape index (κ1) is 43.2. The zero-order chi connectivity index (χ0) is 38.4. The van der Waals surface area contributed by atoms with Crippen LogP contribution in [0.5, 0.6) is 0 Å². The summed E-state index contributed by atoms with van der Waals surface area (Å²) in [6.45, 7) is 22.7. The average molecular weight is 709 g/mol. The van der Waals surface area contributed by atoms with Crippen molar-refractivity contribution in [1.82, 2.24) is 21.3 Å². The zero-order valence-corrected chi connectivity index (χ0v) is 32.9. The number of amides is 4. The van der Waals surface area contributed by atoms with Crippen LogP contribution in [0.4, 0.5) is 4.79 Å². The second-order valence-electron chi connectivity index (χ2n) is 15.1. The van der Waals surface area contributed by atoms with Crippen LogP contribution in [0.2, 0.25) is 0 Å². The summed E-state index contributed by atoms with van der Waals surface area (Å²) in [4.78, 5) is 53.8. The monoisotopic (exact) mass is 708 g/mol. The molecule has 2 aromatic carbocycles. The highest BCUT2D eigenvalue weighted by atomic mass is 16.5. The molecule has 10 heteroatoms. The predicted molar refractivity (Wildman–Crippen MR) is 203 cm³/mol. The molecule has 284 valence electrons. The van der Waals surface area contributed by atoms with Gasteiger partial charge in [-0.05, 0) is 104 Å². The maximum absolute atomic E-state index is 14.1. The molecule has 0 heterocycles. The Morgan fingerprint density at radius 1 is 0.725 bits per heavy atom. The Labute approximate surface area is 306 Å². The van der Waals surface area contributed by atoms with Crippen molar-refractivity contribution < 1.29 is 29.0 Å². The van der Waals surface area contributed by atoms with Gasteiger partial charge in [-0.3, -0.25) is 14.4 Å². The molecule has 0 spiro atoms. The van der Waals surface area contributed by atoms with Gasteiger partial charge in [0.15, 0.2) is 0 Å². The van der Waals surface area contributed by atoms with Gasteiger partial charge in [0.2, 0.25) is 17.7 Å². The van der Waals surface area contributed by atoms with Crippen molar-refractivity contribution in [3.05, 3.63) is 69.3 Å². The van der Waals surface area contributed by atoms with E-state index in [-0.39, 0.29) is 37.2 Å². The highest BCUT2D eigenvalue weighted by Crippen LogP contribution is 2.27. The van der Waals surface area contributed by atoms with Crippen LogP contribution in [0, 0.1) is 52.4 Å². The van der Waals surface area contributed by atoms with Crippen LogP contribution in [0.3, 0.4) is 0 Å². The van der Waals surface area contributed by atoms with Crippen molar-refractivity contribution in [1.29, 1.82) is 0 Å². The molecule has 0 saturated heterocycles. The van der Waals surface area contributed by atoms with E-state index in [2.05, 4.69) is 49.0 Å². The molecule has 10 nitrogen and oxygen atoms in total. The molecule has 0 radical (unpaired) electrons. The van der Waals surface area contributed by atoms with Gasteiger partial charge in [-0.2, -0.15) is 0 Å². The summed E-state index contributed by atoms with van der Waals surface area (Å²) in [6, 6.07) is 6.58. The predicted octanol–water partition coefficient (Wildman–Crippen LogP) is 6.04. The number of aliphatic hydroxyl groups excluding tert-OH is 1. The minimum absolute atomic E-state index is 0.0370. The molecule has 4 amide bonds. The number of hydrogen-bond donors (Lipinski definition) is 5. The standard InChI is InChI=1S/C41H64N4O6/c1-12-26(6)22-42-38(47)21-37(46)34(18-24(2)3)43-39(48)35(19-25(4)5)44-40(49)36(45-41(50)51-23-32-16-14-13-15-17-32)20-33-30(10)28(8)27(7)29(9)31(33)11/h13-17,24-26,34-37,46H,12,18-23H2,1-11H3,(H,42,47)(H,43,48)(H,44,49)(H,45,50)/t26?,34-,35-,36-,37-/m0/s1. The maximum atomic E-state index is 14.1. The summed E-state index contributed by atoms with van der Waals surface area (Å²) in [5, 5.41) is 22.6. The lowest BCUT2D eigenvalue weighted by molar-refractivity contribution is -0.131. The van der Waals surface area contributed by atoms with E-state index < -0.39 is 42.1 Å². The van der Waals surface area contributed by atoms with Crippen LogP contribution >= 0.6 is 0 Å². The van der Waals surface area contributed by atoms with Crippen LogP contribution in [0.1, 0.15) is 106 Å². The molecule has 0 fully saturated rings. The zero-order valence-electron chi connectivity index (χ0n) is 32.9. The molecule has 0 saturated carbocycles. The van der Waals surface area contributed by atoms with E-state index in [0.717, 1.165) is 39.8 Å². The first-order valence-corrected chi connectivity index (χ1v) is 18.5. The number of ether oxygens (including phenoxy) is 1. The Hall–Kier alpha value is -3.92. The Balaban J connectivity index is 2.35. The summed E-state index contributed by atoms with van der Waals surface area (Å²) in [5.74, 6) is -0.787. The van der Waals surface area contributed by atoms with Crippen LogP contribution in [-0.4, -0.2) is 59.7 Å². The molecule has 0 bridgehead atoms. The minimum Gasteiger partial charge on any atom is -0.445 e. The number of alkyl carbamates (subject to hydrolysis) is 1. The number of nitrogens with one attached hydrogen (secondary N) is 4. The van der Waals surface area contributed by atoms with Gasteiger partial charge in [-0.25, -0.2) is 4.79 Å². The number of rotatable bonds is 19. The number of benzene rings is 2. The van der Waals surface area contributed by atoms with Crippen molar-refractivity contribution in [3.8, 4) is 0 Å². The van der Waals surface area contributed by atoms with E-state index >= 15 is 0 Å². The molecular formula is C41H64N4O6. The average Bonchev–Trinajstić information content (AvgIpc) is 3.08. The maximum Gasteiger partial charge on any atom is 0.408 e. The molecule has 2 rings (SSSR count). The van der Waals surface area contributed by atoms with E-state index in [0.29, 0.717) is 25.3 Å². The third kappa shape index (κ3) is 14.0. The highest BCUT2D eigenvalue weighted by Gasteiger charge is 2.32. The fourth-order valence-electron chi connectivity index (χ4n) is 6.12. The summed E-state index contributed by atoms with van der Waals surface area (Å²) in [7, 11) is 0. The number of aliphatic hydroxyl groups is 1. The van der Waals surface area contributed by atoms with Crippen LogP contribution < -0.4 is 21.3 Å². The van der Waals surface area contributed by atoms with Gasteiger partial charge in [-0.1, -0.05) is 78.3 Å². The Bertz CT molecular complexity index is 1430. The fourth-order valence-corrected chi connectivity index (χ4v) is 6.12. The molecule has 5 atom stereocenters. The van der Waals surface area contributed by atoms with E-state index in [1.807, 2.05) is 78.8 Å². The van der Waals surface area contributed by atoms with Gasteiger partial charge in [0, 0.05) is 13.0 Å². The summed E-state index contributed by atoms with van der Waals surface area (Å²) < 4.78 is 5.50. The topological polar surface area (TPSA) is 146 Å². The van der Waals surface area contributed by atoms with Crippen LogP contribution in [0.15, 0.2) is 30.3 Å². The molecule has 2 aromatic rings. The van der Waals surface area contributed by atoms with Crippen molar-refractivity contribution in [2.75, 3.05) is 6.54 Å².